The van der Waals surface area contributed by atoms with Crippen molar-refractivity contribution in [1.29, 1.82) is 0 Å². The largest absolute Gasteiger partial charge is 0.345 e. The summed E-state index contributed by atoms with van der Waals surface area (Å²) in [6.45, 7) is 2.49. The van der Waals surface area contributed by atoms with Crippen molar-refractivity contribution in [3.63, 3.8) is 0 Å². The number of amides is 1. The molecule has 0 aliphatic carbocycles. The molecule has 2 atom stereocenters. The Hall–Kier alpha value is -4.22. The van der Waals surface area contributed by atoms with E-state index in [1.54, 1.807) is 21.5 Å². The zero-order chi connectivity index (χ0) is 22.9. The van der Waals surface area contributed by atoms with Crippen LogP contribution in [0.4, 0.5) is 0 Å². The van der Waals surface area contributed by atoms with Gasteiger partial charge in [0.1, 0.15) is 5.82 Å². The number of nitrogens with zero attached hydrogens (tertiary/aromatic N) is 4. The molecule has 1 amide bonds. The maximum atomic E-state index is 13.8. The van der Waals surface area contributed by atoms with E-state index in [0.29, 0.717) is 34.5 Å². The van der Waals surface area contributed by atoms with Crippen LogP contribution in [0.5, 0.6) is 0 Å². The van der Waals surface area contributed by atoms with Gasteiger partial charge in [-0.1, -0.05) is 36.1 Å². The molecular weight excluding hydrogens is 416 g/mol. The number of carbonyl (C=O) groups excluding carboxylic acids is 1. The van der Waals surface area contributed by atoms with Crippen LogP contribution in [0, 0.1) is 11.8 Å². The van der Waals surface area contributed by atoms with Crippen LogP contribution in [0.15, 0.2) is 65.7 Å². The summed E-state index contributed by atoms with van der Waals surface area (Å²) in [5, 5.41) is 10.5. The summed E-state index contributed by atoms with van der Waals surface area (Å²) in [5.74, 6) is 6.54. The van der Waals surface area contributed by atoms with E-state index in [-0.39, 0.29) is 17.5 Å². The minimum absolute atomic E-state index is 0.104. The van der Waals surface area contributed by atoms with Gasteiger partial charge in [0.05, 0.1) is 40.4 Å². The van der Waals surface area contributed by atoms with E-state index in [9.17, 15) is 9.59 Å². The number of rotatable bonds is 4. The Bertz CT molecular complexity index is 1470. The lowest BCUT2D eigenvalue weighted by Crippen LogP contribution is -2.36. The molecule has 0 spiro atoms. The van der Waals surface area contributed by atoms with Crippen LogP contribution in [0.2, 0.25) is 0 Å². The van der Waals surface area contributed by atoms with Crippen molar-refractivity contribution in [2.24, 2.45) is 7.05 Å². The summed E-state index contributed by atoms with van der Waals surface area (Å²) in [6, 6.07) is 14.1. The maximum Gasteiger partial charge on any atom is 0.267 e. The third-order valence-electron chi connectivity index (χ3n) is 5.46. The first kappa shape index (κ1) is 20.7. The van der Waals surface area contributed by atoms with E-state index in [4.69, 9.17) is 4.98 Å². The lowest BCUT2D eigenvalue weighted by Gasteiger charge is -2.20. The fourth-order valence-electron chi connectivity index (χ4n) is 3.72. The van der Waals surface area contributed by atoms with Gasteiger partial charge in [-0.15, -0.1) is 0 Å². The molecule has 1 unspecified atom stereocenters. The van der Waals surface area contributed by atoms with Gasteiger partial charge in [-0.05, 0) is 31.2 Å². The number of nitrogens with one attached hydrogen (secondary N) is 2. The third-order valence-corrected chi connectivity index (χ3v) is 5.46. The van der Waals surface area contributed by atoms with Crippen molar-refractivity contribution in [3.05, 3.63) is 88.2 Å². The fraction of sp³-hybridized carbons (Fsp3) is 0.200. The first-order valence-electron chi connectivity index (χ1n) is 10.7. The number of hydrogen-bond donors (Lipinski definition) is 2. The van der Waals surface area contributed by atoms with Crippen LogP contribution in [0.25, 0.3) is 16.6 Å². The number of aryl methyl sites for hydroxylation is 1. The summed E-state index contributed by atoms with van der Waals surface area (Å²) < 4.78 is 3.24. The first-order valence-corrected chi connectivity index (χ1v) is 10.7. The molecule has 2 N–H and O–H groups in total. The van der Waals surface area contributed by atoms with Crippen molar-refractivity contribution in [2.75, 3.05) is 6.54 Å². The van der Waals surface area contributed by atoms with Gasteiger partial charge >= 0.3 is 0 Å². The highest BCUT2D eigenvalue weighted by Crippen LogP contribution is 2.20. The van der Waals surface area contributed by atoms with Crippen LogP contribution < -0.4 is 16.2 Å². The minimum Gasteiger partial charge on any atom is -0.345 e. The molecule has 8 nitrogen and oxygen atoms in total. The lowest BCUT2D eigenvalue weighted by atomic mass is 10.1. The second-order valence-electron chi connectivity index (χ2n) is 7.99. The van der Waals surface area contributed by atoms with Gasteiger partial charge in [0.2, 0.25) is 5.91 Å². The van der Waals surface area contributed by atoms with Gasteiger partial charge in [0, 0.05) is 25.4 Å². The van der Waals surface area contributed by atoms with Crippen molar-refractivity contribution in [1.82, 2.24) is 30.0 Å². The normalized spacial score (nSPS) is 15.5. The highest BCUT2D eigenvalue weighted by molar-refractivity contribution is 5.86. The molecule has 3 heterocycles. The molecule has 2 aromatic carbocycles. The molecular formula is C25H22N6O2. The fourth-order valence-corrected chi connectivity index (χ4v) is 3.72. The van der Waals surface area contributed by atoms with Crippen LogP contribution in [0.3, 0.4) is 0 Å². The minimum atomic E-state index is -0.470. The average molecular weight is 438 g/mol. The number of fused-ring (bicyclic) bond motifs is 1. The number of para-hydroxylation sites is 1. The quantitative estimate of drug-likeness (QED) is 0.373. The molecule has 1 aliphatic heterocycles. The van der Waals surface area contributed by atoms with Crippen molar-refractivity contribution in [3.8, 4) is 17.5 Å². The zero-order valence-electron chi connectivity index (χ0n) is 18.2. The molecule has 1 fully saturated rings. The molecule has 5 rings (SSSR count). The molecule has 33 heavy (non-hydrogen) atoms. The maximum absolute atomic E-state index is 13.8. The zero-order valence-corrected chi connectivity index (χ0v) is 18.2. The Morgan fingerprint density at radius 3 is 2.67 bits per heavy atom. The Labute approximate surface area is 190 Å². The summed E-state index contributed by atoms with van der Waals surface area (Å²) >= 11 is 0. The average Bonchev–Trinajstić information content (AvgIpc) is 3.59. The summed E-state index contributed by atoms with van der Waals surface area (Å²) in [6.07, 6.45) is 3.49. The Balaban J connectivity index is 1.68. The molecule has 0 radical (unpaired) electrons. The highest BCUT2D eigenvalue weighted by atomic mass is 16.2. The van der Waals surface area contributed by atoms with Gasteiger partial charge in [-0.3, -0.25) is 18.8 Å². The first-order chi connectivity index (χ1) is 16.0. The van der Waals surface area contributed by atoms with E-state index in [2.05, 4.69) is 27.6 Å². The van der Waals surface area contributed by atoms with Crippen molar-refractivity contribution < 1.29 is 4.79 Å². The van der Waals surface area contributed by atoms with E-state index >= 15 is 0 Å². The van der Waals surface area contributed by atoms with Gasteiger partial charge in [-0.25, -0.2) is 4.98 Å². The van der Waals surface area contributed by atoms with Gasteiger partial charge in [0.15, 0.2) is 0 Å². The van der Waals surface area contributed by atoms with Crippen molar-refractivity contribution >= 4 is 16.8 Å². The summed E-state index contributed by atoms with van der Waals surface area (Å²) in [4.78, 5) is 31.0. The topological polar surface area (TPSA) is 104 Å². The molecule has 1 aliphatic rings. The van der Waals surface area contributed by atoms with Crippen LogP contribution >= 0.6 is 0 Å². The summed E-state index contributed by atoms with van der Waals surface area (Å²) in [7, 11) is 1.83. The van der Waals surface area contributed by atoms with Gasteiger partial charge in [0.25, 0.3) is 5.56 Å². The monoisotopic (exact) mass is 438 g/mol. The predicted octanol–water partition coefficient (Wildman–Crippen LogP) is 1.67. The Morgan fingerprint density at radius 1 is 1.18 bits per heavy atom. The van der Waals surface area contributed by atoms with E-state index in [0.717, 1.165) is 5.56 Å². The van der Waals surface area contributed by atoms with Crippen LogP contribution in [-0.4, -0.2) is 37.8 Å². The van der Waals surface area contributed by atoms with E-state index in [1.807, 2.05) is 62.6 Å². The molecule has 0 bridgehead atoms. The smallest absolute Gasteiger partial charge is 0.267 e. The molecule has 2 aromatic heterocycles. The molecule has 8 heteroatoms. The van der Waals surface area contributed by atoms with Crippen LogP contribution in [-0.2, 0) is 11.8 Å². The lowest BCUT2D eigenvalue weighted by molar-refractivity contribution is -0.121. The third kappa shape index (κ3) is 4.14. The molecule has 0 saturated carbocycles. The Morgan fingerprint density at radius 2 is 1.97 bits per heavy atom. The van der Waals surface area contributed by atoms with Crippen molar-refractivity contribution in [2.45, 2.75) is 19.0 Å². The molecule has 4 aromatic rings. The van der Waals surface area contributed by atoms with Crippen LogP contribution in [0.1, 0.15) is 29.9 Å². The van der Waals surface area contributed by atoms with E-state index < -0.39 is 6.04 Å². The number of carbonyl (C=O) groups is 1. The highest BCUT2D eigenvalue weighted by Gasteiger charge is 2.30. The van der Waals surface area contributed by atoms with Gasteiger partial charge in [-0.2, -0.15) is 5.10 Å². The summed E-state index contributed by atoms with van der Waals surface area (Å²) in [5.41, 5.74) is 2.32. The Kier molecular flexibility index (Phi) is 5.24. The van der Waals surface area contributed by atoms with E-state index in [1.165, 1.54) is 0 Å². The SMILES string of the molecule is C[C@H](NC(=O)C1CN1)c1nc2cccc(C#Cc3cnn(C)c3)c2c(=O)n1-c1ccccc1. The second-order valence-corrected chi connectivity index (χ2v) is 7.99. The number of benzene rings is 2. The number of aromatic nitrogens is 4. The second kappa shape index (κ2) is 8.37. The molecule has 164 valence electrons. The molecule has 1 saturated heterocycles. The van der Waals surface area contributed by atoms with Gasteiger partial charge < -0.3 is 10.6 Å². The standard InChI is InChI=1S/C25H22N6O2/c1-16(28-24(32)21-14-26-21)23-29-20-10-6-7-18(12-11-17-13-27-30(2)15-17)22(20)25(33)31(23)19-8-4-3-5-9-19/h3-10,13,15-16,21,26H,14H2,1-2H3,(H,28,32)/t16-,21?/m0/s1. The predicted molar refractivity (Wildman–Crippen MR) is 125 cm³/mol. The number of hydrogen-bond acceptors (Lipinski definition) is 5.